The highest BCUT2D eigenvalue weighted by molar-refractivity contribution is 5.83. The average molecular weight is 545 g/mol. The Bertz CT molecular complexity index is 1170. The number of aliphatic hydroxyl groups excluding tert-OH is 3. The fraction of sp³-hybridized carbons (Fsp3) is 0.655. The fourth-order valence-electron chi connectivity index (χ4n) is 7.72. The predicted molar refractivity (Wildman–Crippen MR) is 135 cm³/mol. The van der Waals surface area contributed by atoms with Crippen LogP contribution in [-0.2, 0) is 33.3 Å². The van der Waals surface area contributed by atoms with Gasteiger partial charge in [-0.3, -0.25) is 0 Å². The maximum atomic E-state index is 13.2. The van der Waals surface area contributed by atoms with Gasteiger partial charge in [0.1, 0.15) is 36.1 Å². The highest BCUT2D eigenvalue weighted by Gasteiger charge is 2.83. The van der Waals surface area contributed by atoms with Crippen LogP contribution in [0.5, 0.6) is 0 Å². The molecule has 0 aromatic carbocycles. The Morgan fingerprint density at radius 3 is 2.64 bits per heavy atom. The molecule has 0 aromatic rings. The quantitative estimate of drug-likeness (QED) is 0.262. The Hall–Kier alpha value is -2.34. The SMILES string of the molecule is CC1=CC2OC3CC4OC(=O)C=CC=CC5(C(O)CO)OCCC(=CC(=O)OCC2(CC1)C4(C)C31CO1)C5O. The summed E-state index contributed by atoms with van der Waals surface area (Å²) in [5, 5.41) is 31.5. The van der Waals surface area contributed by atoms with E-state index in [2.05, 4.69) is 19.9 Å². The van der Waals surface area contributed by atoms with Gasteiger partial charge in [0.15, 0.2) is 0 Å². The van der Waals surface area contributed by atoms with E-state index in [1.54, 1.807) is 0 Å². The Balaban J connectivity index is 1.43. The first-order valence-corrected chi connectivity index (χ1v) is 13.6. The van der Waals surface area contributed by atoms with E-state index in [0.29, 0.717) is 25.0 Å². The molecule has 4 heterocycles. The number of aliphatic hydroxyl groups is 3. The van der Waals surface area contributed by atoms with Crippen LogP contribution in [0.2, 0.25) is 0 Å². The van der Waals surface area contributed by atoms with E-state index in [9.17, 15) is 24.9 Å². The molecular formula is C29H36O10. The van der Waals surface area contributed by atoms with Crippen LogP contribution in [0.25, 0.3) is 0 Å². The Morgan fingerprint density at radius 2 is 1.90 bits per heavy atom. The molecule has 212 valence electrons. The molecule has 0 radical (unpaired) electrons. The molecule has 0 amide bonds. The molecule has 6 rings (SSSR count). The molecule has 10 heteroatoms. The molecule has 9 unspecified atom stereocenters. The van der Waals surface area contributed by atoms with Crippen LogP contribution in [0, 0.1) is 10.8 Å². The second-order valence-electron chi connectivity index (χ2n) is 11.9. The lowest BCUT2D eigenvalue weighted by Crippen LogP contribution is -2.66. The van der Waals surface area contributed by atoms with Crippen LogP contribution < -0.4 is 0 Å². The number of hydrogen-bond donors (Lipinski definition) is 3. The van der Waals surface area contributed by atoms with Crippen LogP contribution in [0.1, 0.15) is 39.5 Å². The molecular weight excluding hydrogens is 508 g/mol. The summed E-state index contributed by atoms with van der Waals surface area (Å²) in [6.07, 6.45) is 6.99. The zero-order valence-electron chi connectivity index (χ0n) is 22.2. The second kappa shape index (κ2) is 9.36. The third kappa shape index (κ3) is 3.76. The number of rotatable bonds is 2. The van der Waals surface area contributed by atoms with Crippen LogP contribution in [-0.4, -0.2) is 95.4 Å². The summed E-state index contributed by atoms with van der Waals surface area (Å²) in [4.78, 5) is 26.3. The number of carbonyl (C=O) groups is 2. The largest absolute Gasteiger partial charge is 0.462 e. The fourth-order valence-corrected chi connectivity index (χ4v) is 7.72. The zero-order chi connectivity index (χ0) is 27.6. The van der Waals surface area contributed by atoms with Crippen molar-refractivity contribution >= 4 is 11.9 Å². The standard InChI is InChI=1S/C29H36O10/c1-17-6-9-27-15-35-24(33)12-18-7-10-36-28(25(18)34,19(31)14-30)8-4-3-5-23(32)39-20-13-22(38-21(27)11-17)29(16-37-29)26(20,27)2/h3-5,8,11-12,19-22,25,30-31,34H,6-7,9-10,13-16H2,1-2H3. The number of epoxide rings is 1. The molecule has 4 fully saturated rings. The van der Waals surface area contributed by atoms with Crippen molar-refractivity contribution in [2.45, 2.75) is 81.3 Å². The first-order valence-electron chi connectivity index (χ1n) is 13.6. The summed E-state index contributed by atoms with van der Waals surface area (Å²) < 4.78 is 30.5. The van der Waals surface area contributed by atoms with Crippen LogP contribution in [0.3, 0.4) is 0 Å². The molecule has 10 nitrogen and oxygen atoms in total. The topological polar surface area (TPSA) is 144 Å². The molecule has 0 aromatic heterocycles. The van der Waals surface area contributed by atoms with Gasteiger partial charge in [0, 0.05) is 24.0 Å². The predicted octanol–water partition coefficient (Wildman–Crippen LogP) is 1.04. The summed E-state index contributed by atoms with van der Waals surface area (Å²) in [5.41, 5.74) is -2.21. The van der Waals surface area contributed by atoms with E-state index >= 15 is 0 Å². The Labute approximate surface area is 226 Å². The van der Waals surface area contributed by atoms with Gasteiger partial charge in [0.2, 0.25) is 0 Å². The van der Waals surface area contributed by atoms with Crippen molar-refractivity contribution in [2.24, 2.45) is 10.8 Å². The Kier molecular flexibility index (Phi) is 6.45. The molecule has 4 bridgehead atoms. The molecule has 4 aliphatic heterocycles. The van der Waals surface area contributed by atoms with Crippen molar-refractivity contribution in [2.75, 3.05) is 26.4 Å². The molecule has 1 saturated carbocycles. The molecule has 39 heavy (non-hydrogen) atoms. The number of cyclic esters (lactones) is 1. The number of esters is 2. The van der Waals surface area contributed by atoms with Gasteiger partial charge in [-0.15, -0.1) is 0 Å². The van der Waals surface area contributed by atoms with Gasteiger partial charge < -0.3 is 39.0 Å². The first kappa shape index (κ1) is 26.9. The highest BCUT2D eigenvalue weighted by atomic mass is 16.6. The van der Waals surface area contributed by atoms with Gasteiger partial charge in [0.05, 0.1) is 37.4 Å². The smallest absolute Gasteiger partial charge is 0.331 e. The normalized spacial score (nSPS) is 46.1. The molecule has 6 aliphatic rings. The third-order valence-corrected chi connectivity index (χ3v) is 10.2. The maximum absolute atomic E-state index is 13.2. The van der Waals surface area contributed by atoms with E-state index in [4.69, 9.17) is 23.7 Å². The zero-order valence-corrected chi connectivity index (χ0v) is 22.2. The minimum atomic E-state index is -1.72. The van der Waals surface area contributed by atoms with Crippen LogP contribution >= 0.6 is 0 Å². The van der Waals surface area contributed by atoms with Gasteiger partial charge in [-0.2, -0.15) is 0 Å². The minimum Gasteiger partial charge on any atom is -0.462 e. The van der Waals surface area contributed by atoms with E-state index < -0.39 is 58.9 Å². The van der Waals surface area contributed by atoms with Gasteiger partial charge in [0.25, 0.3) is 0 Å². The van der Waals surface area contributed by atoms with E-state index in [1.807, 2.05) is 0 Å². The minimum absolute atomic E-state index is 0.0131. The monoisotopic (exact) mass is 544 g/mol. The van der Waals surface area contributed by atoms with E-state index in [1.165, 1.54) is 36.0 Å². The summed E-state index contributed by atoms with van der Waals surface area (Å²) in [5.74, 6) is -1.20. The highest BCUT2D eigenvalue weighted by Crippen LogP contribution is 2.72. The lowest BCUT2D eigenvalue weighted by Gasteiger charge is -2.58. The lowest BCUT2D eigenvalue weighted by atomic mass is 9.51. The number of hydrogen-bond acceptors (Lipinski definition) is 10. The van der Waals surface area contributed by atoms with Crippen molar-refractivity contribution in [3.63, 3.8) is 0 Å². The number of ether oxygens (including phenoxy) is 5. The summed E-state index contributed by atoms with van der Waals surface area (Å²) >= 11 is 0. The molecule has 2 aliphatic carbocycles. The van der Waals surface area contributed by atoms with Gasteiger partial charge in [-0.25, -0.2) is 9.59 Å². The second-order valence-corrected chi connectivity index (χ2v) is 11.9. The third-order valence-electron chi connectivity index (χ3n) is 10.2. The van der Waals surface area contributed by atoms with Gasteiger partial charge in [-0.05, 0) is 37.8 Å². The van der Waals surface area contributed by atoms with Crippen molar-refractivity contribution in [3.05, 3.63) is 47.6 Å². The van der Waals surface area contributed by atoms with Crippen molar-refractivity contribution in [3.8, 4) is 0 Å². The molecule has 3 saturated heterocycles. The van der Waals surface area contributed by atoms with E-state index in [0.717, 1.165) is 6.42 Å². The van der Waals surface area contributed by atoms with Crippen LogP contribution in [0.15, 0.2) is 47.6 Å². The first-order chi connectivity index (χ1) is 18.6. The molecule has 2 spiro atoms. The van der Waals surface area contributed by atoms with Gasteiger partial charge in [-0.1, -0.05) is 30.7 Å². The molecule has 9 atom stereocenters. The van der Waals surface area contributed by atoms with Crippen LogP contribution in [0.4, 0.5) is 0 Å². The summed E-state index contributed by atoms with van der Waals surface area (Å²) in [6.45, 7) is 4.03. The van der Waals surface area contributed by atoms with Crippen molar-refractivity contribution in [1.29, 1.82) is 0 Å². The lowest BCUT2D eigenvalue weighted by molar-refractivity contribution is -0.232. The average Bonchev–Trinajstić information content (AvgIpc) is 3.69. The van der Waals surface area contributed by atoms with E-state index in [-0.39, 0.29) is 31.8 Å². The maximum Gasteiger partial charge on any atom is 0.331 e. The number of carbonyl (C=O) groups excluding carboxylic acids is 2. The summed E-state index contributed by atoms with van der Waals surface area (Å²) in [6, 6.07) is 0. The van der Waals surface area contributed by atoms with Crippen molar-refractivity contribution < 1.29 is 48.6 Å². The van der Waals surface area contributed by atoms with Crippen molar-refractivity contribution in [1.82, 2.24) is 0 Å². The van der Waals surface area contributed by atoms with Gasteiger partial charge >= 0.3 is 11.9 Å². The molecule has 3 N–H and O–H groups in total. The Morgan fingerprint density at radius 1 is 1.10 bits per heavy atom. The number of allylic oxidation sites excluding steroid dienone is 3. The number of fused-ring (bicyclic) bond motifs is 2. The summed E-state index contributed by atoms with van der Waals surface area (Å²) in [7, 11) is 0.